The Labute approximate surface area is 164 Å². The Morgan fingerprint density at radius 2 is 1.89 bits per heavy atom. The highest BCUT2D eigenvalue weighted by Crippen LogP contribution is 2.24. The molecule has 1 aromatic heterocycles. The first kappa shape index (κ1) is 20.0. The summed E-state index contributed by atoms with van der Waals surface area (Å²) in [7, 11) is -3.45. The zero-order valence-corrected chi connectivity index (χ0v) is 16.7. The highest BCUT2D eigenvalue weighted by Gasteiger charge is 2.25. The van der Waals surface area contributed by atoms with Crippen LogP contribution in [0.1, 0.15) is 18.2 Å². The van der Waals surface area contributed by atoms with Crippen LogP contribution in [0.5, 0.6) is 0 Å². The van der Waals surface area contributed by atoms with Crippen LogP contribution in [0.3, 0.4) is 0 Å². The second-order valence-corrected chi connectivity index (χ2v) is 9.70. The minimum atomic E-state index is -3.45. The number of amides is 1. The van der Waals surface area contributed by atoms with Gasteiger partial charge in [0.25, 0.3) is 0 Å². The number of hydrogen-bond donors (Lipinski definition) is 1. The van der Waals surface area contributed by atoms with Gasteiger partial charge >= 0.3 is 0 Å². The van der Waals surface area contributed by atoms with Crippen LogP contribution in [0, 0.1) is 0 Å². The predicted octanol–water partition coefficient (Wildman–Crippen LogP) is 2.35. The zero-order valence-electron chi connectivity index (χ0n) is 15.0. The summed E-state index contributed by atoms with van der Waals surface area (Å²) in [5.41, 5.74) is 0. The first-order valence-corrected chi connectivity index (χ1v) is 11.8. The van der Waals surface area contributed by atoms with Crippen LogP contribution in [0.2, 0.25) is 0 Å². The molecule has 1 aliphatic rings. The number of sulfone groups is 1. The summed E-state index contributed by atoms with van der Waals surface area (Å²) in [5.74, 6) is 2.46. The zero-order chi connectivity index (χ0) is 19.1. The minimum absolute atomic E-state index is 0.0319. The van der Waals surface area contributed by atoms with Crippen LogP contribution < -0.4 is 5.32 Å². The molecule has 0 bridgehead atoms. The van der Waals surface area contributed by atoms with Crippen LogP contribution in [0.15, 0.2) is 58.0 Å². The Bertz CT molecular complexity index is 817. The molecule has 2 heterocycles. The number of nitrogens with one attached hydrogen (secondary N) is 1. The fraction of sp³-hybridized carbons (Fsp3) is 0.421. The molecule has 0 aliphatic carbocycles. The standard InChI is InChI=1S/C19H24N2O4S2/c22-19(8-14-27(23,24)16-5-2-1-3-6-16)20-15-17(18-7-4-11-25-18)21-9-12-26-13-10-21/h1-7,11,17H,8-10,12-15H2,(H,20,22)/t17-/m1/s1. The van der Waals surface area contributed by atoms with E-state index in [1.807, 2.05) is 23.9 Å². The van der Waals surface area contributed by atoms with Gasteiger partial charge in [0.2, 0.25) is 5.91 Å². The maximum absolute atomic E-state index is 12.3. The molecule has 1 N–H and O–H groups in total. The molecular weight excluding hydrogens is 384 g/mol. The van der Waals surface area contributed by atoms with Crippen molar-refractivity contribution >= 4 is 27.5 Å². The molecule has 0 radical (unpaired) electrons. The van der Waals surface area contributed by atoms with E-state index in [1.165, 1.54) is 0 Å². The molecule has 27 heavy (non-hydrogen) atoms. The molecule has 0 spiro atoms. The monoisotopic (exact) mass is 408 g/mol. The third-order valence-electron chi connectivity index (χ3n) is 4.55. The van der Waals surface area contributed by atoms with Crippen molar-refractivity contribution in [3.63, 3.8) is 0 Å². The molecule has 146 valence electrons. The van der Waals surface area contributed by atoms with Crippen molar-refractivity contribution in [3.8, 4) is 0 Å². The molecule has 1 amide bonds. The second kappa shape index (κ2) is 9.43. The maximum Gasteiger partial charge on any atom is 0.221 e. The van der Waals surface area contributed by atoms with Crippen molar-refractivity contribution in [1.29, 1.82) is 0 Å². The summed E-state index contributed by atoms with van der Waals surface area (Å²) in [5, 5.41) is 2.88. The Balaban J connectivity index is 1.55. The Hall–Kier alpha value is -1.77. The van der Waals surface area contributed by atoms with E-state index in [-0.39, 0.29) is 29.0 Å². The topological polar surface area (TPSA) is 79.6 Å². The molecule has 1 aliphatic heterocycles. The van der Waals surface area contributed by atoms with Crippen molar-refractivity contribution in [2.24, 2.45) is 0 Å². The number of carbonyl (C=O) groups is 1. The SMILES string of the molecule is O=C(CCS(=O)(=O)c1ccccc1)NC[C@H](c1ccco1)N1CCSCC1. The van der Waals surface area contributed by atoms with Crippen LogP contribution in [-0.4, -0.2) is 56.1 Å². The molecule has 6 nitrogen and oxygen atoms in total. The van der Waals surface area contributed by atoms with Gasteiger partial charge in [-0.2, -0.15) is 11.8 Å². The first-order chi connectivity index (χ1) is 13.1. The van der Waals surface area contributed by atoms with Gasteiger partial charge in [0.05, 0.1) is 23.0 Å². The van der Waals surface area contributed by atoms with Gasteiger partial charge in [0.15, 0.2) is 9.84 Å². The third-order valence-corrected chi connectivity index (χ3v) is 7.23. The highest BCUT2D eigenvalue weighted by molar-refractivity contribution is 7.99. The van der Waals surface area contributed by atoms with Gasteiger partial charge in [-0.15, -0.1) is 0 Å². The number of rotatable bonds is 8. The van der Waals surface area contributed by atoms with E-state index >= 15 is 0 Å². The number of furan rings is 1. The van der Waals surface area contributed by atoms with E-state index in [0.717, 1.165) is 30.4 Å². The fourth-order valence-electron chi connectivity index (χ4n) is 3.05. The van der Waals surface area contributed by atoms with E-state index < -0.39 is 9.84 Å². The van der Waals surface area contributed by atoms with Gasteiger partial charge in [0.1, 0.15) is 5.76 Å². The Kier molecular flexibility index (Phi) is 6.98. The van der Waals surface area contributed by atoms with Crippen LogP contribution >= 0.6 is 11.8 Å². The molecule has 2 aromatic rings. The third kappa shape index (κ3) is 5.60. The molecule has 8 heteroatoms. The molecule has 0 saturated carbocycles. The lowest BCUT2D eigenvalue weighted by Crippen LogP contribution is -2.42. The summed E-state index contributed by atoms with van der Waals surface area (Å²) in [4.78, 5) is 14.8. The summed E-state index contributed by atoms with van der Waals surface area (Å²) in [6.07, 6.45) is 1.58. The van der Waals surface area contributed by atoms with Crippen molar-refractivity contribution in [1.82, 2.24) is 10.2 Å². The molecule has 0 unspecified atom stereocenters. The Morgan fingerprint density at radius 3 is 2.56 bits per heavy atom. The van der Waals surface area contributed by atoms with Crippen molar-refractivity contribution in [2.45, 2.75) is 17.4 Å². The number of hydrogen-bond acceptors (Lipinski definition) is 6. The van der Waals surface area contributed by atoms with Crippen LogP contribution in [0.25, 0.3) is 0 Å². The normalized spacial score (nSPS) is 16.7. The number of thioether (sulfide) groups is 1. The van der Waals surface area contributed by atoms with Crippen molar-refractivity contribution in [2.75, 3.05) is 36.9 Å². The molecular formula is C19H24N2O4S2. The lowest BCUT2D eigenvalue weighted by molar-refractivity contribution is -0.121. The summed E-state index contributed by atoms with van der Waals surface area (Å²) >= 11 is 1.92. The average molecular weight is 409 g/mol. The largest absolute Gasteiger partial charge is 0.468 e. The minimum Gasteiger partial charge on any atom is -0.468 e. The Morgan fingerprint density at radius 1 is 1.15 bits per heavy atom. The van der Waals surface area contributed by atoms with Gasteiger partial charge in [-0.1, -0.05) is 18.2 Å². The van der Waals surface area contributed by atoms with E-state index in [1.54, 1.807) is 36.6 Å². The van der Waals surface area contributed by atoms with Gasteiger partial charge in [-0.05, 0) is 24.3 Å². The average Bonchev–Trinajstić information content (AvgIpc) is 3.23. The fourth-order valence-corrected chi connectivity index (χ4v) is 5.24. The summed E-state index contributed by atoms with van der Waals surface area (Å²) in [6, 6.07) is 11.9. The molecule has 1 fully saturated rings. The van der Waals surface area contributed by atoms with Crippen LogP contribution in [-0.2, 0) is 14.6 Å². The van der Waals surface area contributed by atoms with Crippen molar-refractivity contribution in [3.05, 3.63) is 54.5 Å². The first-order valence-electron chi connectivity index (χ1n) is 8.96. The molecule has 1 aromatic carbocycles. The maximum atomic E-state index is 12.3. The van der Waals surface area contributed by atoms with E-state index in [9.17, 15) is 13.2 Å². The molecule has 3 rings (SSSR count). The predicted molar refractivity (Wildman–Crippen MR) is 106 cm³/mol. The van der Waals surface area contributed by atoms with E-state index in [4.69, 9.17) is 4.42 Å². The van der Waals surface area contributed by atoms with Crippen molar-refractivity contribution < 1.29 is 17.6 Å². The summed E-state index contributed by atoms with van der Waals surface area (Å²) < 4.78 is 30.2. The van der Waals surface area contributed by atoms with E-state index in [0.29, 0.717) is 6.54 Å². The molecule has 1 saturated heterocycles. The number of carbonyl (C=O) groups excluding carboxylic acids is 1. The lowest BCUT2D eigenvalue weighted by Gasteiger charge is -2.33. The smallest absolute Gasteiger partial charge is 0.221 e. The number of nitrogens with zero attached hydrogens (tertiary/aromatic N) is 1. The number of benzene rings is 1. The van der Waals surface area contributed by atoms with Gasteiger partial charge in [-0.3, -0.25) is 9.69 Å². The summed E-state index contributed by atoms with van der Waals surface area (Å²) in [6.45, 7) is 2.28. The molecule has 1 atom stereocenters. The van der Waals surface area contributed by atoms with Crippen LogP contribution in [0.4, 0.5) is 0 Å². The van der Waals surface area contributed by atoms with Gasteiger partial charge in [-0.25, -0.2) is 8.42 Å². The van der Waals surface area contributed by atoms with E-state index in [2.05, 4.69) is 10.2 Å². The van der Waals surface area contributed by atoms with Gasteiger partial charge < -0.3 is 9.73 Å². The highest BCUT2D eigenvalue weighted by atomic mass is 32.2. The van der Waals surface area contributed by atoms with Gasteiger partial charge in [0, 0.05) is 37.6 Å². The lowest BCUT2D eigenvalue weighted by atomic mass is 10.2. The quantitative estimate of drug-likeness (QED) is 0.722. The second-order valence-electron chi connectivity index (χ2n) is 6.37.